The van der Waals surface area contributed by atoms with Crippen LogP contribution in [0.3, 0.4) is 0 Å². The molecule has 0 radical (unpaired) electrons. The van der Waals surface area contributed by atoms with Crippen molar-refractivity contribution in [2.75, 3.05) is 47.5 Å². The normalized spacial score (nSPS) is 13.7. The summed E-state index contributed by atoms with van der Waals surface area (Å²) in [5.41, 5.74) is 0. The monoisotopic (exact) mass is 1470 g/mol. The van der Waals surface area contributed by atoms with Crippen molar-refractivity contribution < 1.29 is 42.1 Å². The molecule has 0 spiro atoms. The Labute approximate surface area is 643 Å². The molecule has 0 aromatic carbocycles. The van der Waals surface area contributed by atoms with E-state index >= 15 is 0 Å². The van der Waals surface area contributed by atoms with Gasteiger partial charge >= 0.3 is 19.8 Å². The summed E-state index contributed by atoms with van der Waals surface area (Å²) in [7, 11) is 1.46. The first kappa shape index (κ1) is 99.9. The van der Waals surface area contributed by atoms with Gasteiger partial charge in [-0.15, -0.1) is 0 Å². The Morgan fingerprint density at radius 3 is 0.827 bits per heavy atom. The summed E-state index contributed by atoms with van der Waals surface area (Å²) >= 11 is 0. The summed E-state index contributed by atoms with van der Waals surface area (Å²) < 4.78 is 34.8. The molecule has 0 aliphatic carbocycles. The number of carbonyl (C=O) groups excluding carboxylic acids is 2. The van der Waals surface area contributed by atoms with E-state index in [0.29, 0.717) is 17.4 Å². The van der Waals surface area contributed by atoms with Crippen LogP contribution in [0.2, 0.25) is 0 Å². The zero-order valence-electron chi connectivity index (χ0n) is 68.5. The van der Waals surface area contributed by atoms with Gasteiger partial charge < -0.3 is 18.9 Å². The summed E-state index contributed by atoms with van der Waals surface area (Å²) in [6.07, 6.45) is 123. The fraction of sp³-hybridized carbons (Fsp3) is 0.723. The number of ether oxygens (including phenoxy) is 2. The Morgan fingerprint density at radius 1 is 0.308 bits per heavy atom. The summed E-state index contributed by atoms with van der Waals surface area (Å²) in [6, 6.07) is 0. The lowest BCUT2D eigenvalue weighted by Gasteiger charge is -2.24. The topological polar surface area (TPSA) is 108 Å². The molecular weight excluding hydrogens is 1300 g/mol. The molecule has 0 bridgehead atoms. The van der Waals surface area contributed by atoms with E-state index < -0.39 is 26.5 Å². The number of hydrogen-bond donors (Lipinski definition) is 1. The van der Waals surface area contributed by atoms with E-state index in [9.17, 15) is 19.0 Å². The molecule has 0 aromatic rings. The van der Waals surface area contributed by atoms with Crippen molar-refractivity contribution in [1.82, 2.24) is 0 Å². The minimum atomic E-state index is -4.41. The van der Waals surface area contributed by atoms with Gasteiger partial charge in [0.2, 0.25) is 0 Å². The number of likely N-dealkylation sites (N-methyl/N-ethyl adjacent to an activating group) is 1. The van der Waals surface area contributed by atoms with Gasteiger partial charge in [-0.25, -0.2) is 4.57 Å². The molecule has 0 fully saturated rings. The van der Waals surface area contributed by atoms with Crippen LogP contribution in [0.15, 0.2) is 146 Å². The first-order valence-corrected chi connectivity index (χ1v) is 45.1. The molecule has 0 heterocycles. The third kappa shape index (κ3) is 86.8. The molecule has 10 heteroatoms. The molecule has 2 unspecified atom stereocenters. The van der Waals surface area contributed by atoms with Crippen molar-refractivity contribution in [1.29, 1.82) is 0 Å². The zero-order valence-corrected chi connectivity index (χ0v) is 69.4. The highest BCUT2D eigenvalue weighted by Gasteiger charge is 2.27. The lowest BCUT2D eigenvalue weighted by molar-refractivity contribution is -0.870. The van der Waals surface area contributed by atoms with Gasteiger partial charge in [0.15, 0.2) is 6.10 Å². The second-order valence-corrected chi connectivity index (χ2v) is 31.6. The largest absolute Gasteiger partial charge is 0.472 e. The van der Waals surface area contributed by atoms with Crippen molar-refractivity contribution in [2.24, 2.45) is 0 Å². The maximum atomic E-state index is 12.9. The molecule has 0 saturated carbocycles. The molecule has 0 aromatic heterocycles. The quantitative estimate of drug-likeness (QED) is 0.0211. The lowest BCUT2D eigenvalue weighted by atomic mass is 10.0. The van der Waals surface area contributed by atoms with E-state index in [2.05, 4.69) is 160 Å². The van der Waals surface area contributed by atoms with Gasteiger partial charge in [-0.05, 0) is 122 Å². The lowest BCUT2D eigenvalue weighted by Crippen LogP contribution is -2.37. The molecule has 0 saturated heterocycles. The minimum Gasteiger partial charge on any atom is -0.462 e. The van der Waals surface area contributed by atoms with E-state index in [1.165, 1.54) is 231 Å². The van der Waals surface area contributed by atoms with Crippen LogP contribution in [0.1, 0.15) is 386 Å². The first-order valence-electron chi connectivity index (χ1n) is 43.6. The van der Waals surface area contributed by atoms with E-state index in [1.807, 2.05) is 21.1 Å². The second-order valence-electron chi connectivity index (χ2n) is 30.2. The number of quaternary nitrogens is 1. The number of hydrogen-bond acceptors (Lipinski definition) is 7. The Bertz CT molecular complexity index is 2280. The van der Waals surface area contributed by atoms with Crippen molar-refractivity contribution in [3.63, 3.8) is 0 Å². The van der Waals surface area contributed by atoms with Gasteiger partial charge in [-0.1, -0.05) is 397 Å². The summed E-state index contributed by atoms with van der Waals surface area (Å²) in [5, 5.41) is 0. The molecular formula is C94H165NO8P+. The smallest absolute Gasteiger partial charge is 0.462 e. The maximum absolute atomic E-state index is 12.9. The predicted molar refractivity (Wildman–Crippen MR) is 454 cm³/mol. The van der Waals surface area contributed by atoms with Gasteiger partial charge in [0.25, 0.3) is 0 Å². The second kappa shape index (κ2) is 82.9. The molecule has 0 aliphatic heterocycles. The minimum absolute atomic E-state index is 0.0222. The fourth-order valence-corrected chi connectivity index (χ4v) is 13.0. The van der Waals surface area contributed by atoms with Crippen molar-refractivity contribution in [3.8, 4) is 0 Å². The molecule has 2 atom stereocenters. The number of nitrogens with zero attached hydrogens (tertiary/aromatic N) is 1. The number of rotatable bonds is 80. The molecule has 0 amide bonds. The molecule has 1 N–H and O–H groups in total. The first-order chi connectivity index (χ1) is 51.0. The van der Waals surface area contributed by atoms with E-state index in [-0.39, 0.29) is 32.0 Å². The average Bonchev–Trinajstić information content (AvgIpc) is 0.915. The maximum Gasteiger partial charge on any atom is 0.472 e. The van der Waals surface area contributed by atoms with Crippen LogP contribution in [0, 0.1) is 0 Å². The van der Waals surface area contributed by atoms with Gasteiger partial charge in [0.05, 0.1) is 27.7 Å². The molecule has 0 aliphatic rings. The summed E-state index contributed by atoms with van der Waals surface area (Å²) in [4.78, 5) is 36.0. The standard InChI is InChI=1S/C94H164NO8P/c1-6-8-10-12-14-16-18-20-22-24-26-28-30-32-34-36-38-40-42-44-46-47-49-50-52-54-56-58-60-62-64-66-68-70-72-74-76-78-80-82-84-86-93(96)100-90-92(91-102-104(98,99)101-89-88-95(3,4)5)103-94(97)87-85-83-81-79-77-75-73-71-69-67-65-63-61-59-57-55-53-51-48-45-43-41-39-37-35-33-31-29-27-25-23-21-19-17-15-13-11-9-7-2/h9,11,15,17,21,23-24,26-27,29,33,35,39,41,45,48,53,55,59,61,65,67,71,73,92H,6-8,10,12-14,16,18-20,22,25,28,30-32,34,36-38,40,42-44,46-47,49-52,54,56-58,60,62-64,66,68-70,72,74-91H2,1-5H3/p+1/b11-9-,17-15-,23-21-,26-24-,29-27-,35-33-,41-39-,48-45-,55-53-,61-59-,67-65-,73-71-. The number of unbranched alkanes of at least 4 members (excludes halogenated alkanes) is 42. The van der Waals surface area contributed by atoms with Gasteiger partial charge in [-0.3, -0.25) is 18.6 Å². The average molecular weight is 1470 g/mol. The van der Waals surface area contributed by atoms with E-state index in [0.717, 1.165) is 122 Å². The zero-order chi connectivity index (χ0) is 75.4. The predicted octanol–water partition coefficient (Wildman–Crippen LogP) is 29.6. The summed E-state index contributed by atoms with van der Waals surface area (Å²) in [6.45, 7) is 4.33. The molecule has 0 rings (SSSR count). The van der Waals surface area contributed by atoms with Crippen molar-refractivity contribution in [3.05, 3.63) is 146 Å². The number of phosphoric ester groups is 1. The third-order valence-electron chi connectivity index (χ3n) is 18.9. The summed E-state index contributed by atoms with van der Waals surface area (Å²) in [5.74, 6) is -0.814. The number of esters is 2. The highest BCUT2D eigenvalue weighted by atomic mass is 31.2. The number of allylic oxidation sites excluding steroid dienone is 24. The Kier molecular flexibility index (Phi) is 79.7. The van der Waals surface area contributed by atoms with Crippen molar-refractivity contribution >= 4 is 19.8 Å². The van der Waals surface area contributed by atoms with Crippen molar-refractivity contribution in [2.45, 2.75) is 392 Å². The van der Waals surface area contributed by atoms with Gasteiger partial charge in [0, 0.05) is 12.8 Å². The van der Waals surface area contributed by atoms with Crippen LogP contribution in [-0.2, 0) is 32.7 Å². The van der Waals surface area contributed by atoms with Crippen LogP contribution in [0.5, 0.6) is 0 Å². The van der Waals surface area contributed by atoms with Crippen LogP contribution in [0.25, 0.3) is 0 Å². The van der Waals surface area contributed by atoms with Gasteiger partial charge in [0.1, 0.15) is 19.8 Å². The van der Waals surface area contributed by atoms with Crippen LogP contribution in [0.4, 0.5) is 0 Å². The molecule has 104 heavy (non-hydrogen) atoms. The van der Waals surface area contributed by atoms with Crippen LogP contribution >= 0.6 is 7.82 Å². The fourth-order valence-electron chi connectivity index (χ4n) is 12.3. The molecule has 598 valence electrons. The third-order valence-corrected chi connectivity index (χ3v) is 19.8. The number of phosphoric acid groups is 1. The highest BCUT2D eigenvalue weighted by Crippen LogP contribution is 2.43. The Morgan fingerprint density at radius 2 is 0.548 bits per heavy atom. The SMILES string of the molecule is CC/C=C\C/C=C\C/C=C\C/C=C\C/C=C\C/C=C\C/C=C\C/C=C\C/C=C\C/C=C\C/C=C\CCCCCCCC(=O)OC(COC(=O)CCCCCCCCCCCCCCCCCCCCCCCCCCCCCCC/C=C\CCCCCCCCCC)COP(=O)(O)OCC[N+](C)(C)C. The van der Waals surface area contributed by atoms with E-state index in [4.69, 9.17) is 18.5 Å². The number of carbonyl (C=O) groups is 2. The highest BCUT2D eigenvalue weighted by molar-refractivity contribution is 7.47. The Hall–Kier alpha value is -4.11. The van der Waals surface area contributed by atoms with Gasteiger partial charge in [-0.2, -0.15) is 0 Å². The van der Waals surface area contributed by atoms with Crippen LogP contribution in [-0.4, -0.2) is 74.9 Å². The van der Waals surface area contributed by atoms with E-state index in [1.54, 1.807) is 0 Å². The molecule has 9 nitrogen and oxygen atoms in total. The Balaban J connectivity index is 3.99. The van der Waals surface area contributed by atoms with Crippen LogP contribution < -0.4 is 0 Å².